The topological polar surface area (TPSA) is 52.3 Å². The summed E-state index contributed by atoms with van der Waals surface area (Å²) in [5, 5.41) is 0. The molecule has 4 unspecified atom stereocenters. The summed E-state index contributed by atoms with van der Waals surface area (Å²) in [6.07, 6.45) is -3.35. The molecule has 6 heteroatoms. The Kier molecular flexibility index (Phi) is 3.01. The second-order valence-electron chi connectivity index (χ2n) is 5.37. The lowest BCUT2D eigenvalue weighted by atomic mass is 9.75. The number of nitrogens with two attached hydrogens (primary N) is 1. The first kappa shape index (κ1) is 13.4. The van der Waals surface area contributed by atoms with E-state index in [-0.39, 0.29) is 18.1 Å². The predicted octanol–water partition coefficient (Wildman–Crippen LogP) is 2.45. The van der Waals surface area contributed by atoms with E-state index < -0.39 is 23.6 Å². The lowest BCUT2D eigenvalue weighted by Gasteiger charge is -2.26. The van der Waals surface area contributed by atoms with Gasteiger partial charge in [0.1, 0.15) is 0 Å². The second-order valence-corrected chi connectivity index (χ2v) is 5.37. The molecular formula is C14H14F3NO2. The van der Waals surface area contributed by atoms with E-state index in [4.69, 9.17) is 10.5 Å². The third-order valence-electron chi connectivity index (χ3n) is 4.20. The molecule has 3 nitrogen and oxygen atoms in total. The first-order valence-electron chi connectivity index (χ1n) is 6.50. The van der Waals surface area contributed by atoms with E-state index >= 15 is 0 Å². The van der Waals surface area contributed by atoms with E-state index in [0.717, 1.165) is 25.0 Å². The Bertz CT molecular complexity index is 543. The Labute approximate surface area is 113 Å². The summed E-state index contributed by atoms with van der Waals surface area (Å²) in [6.45, 7) is 0. The van der Waals surface area contributed by atoms with Crippen molar-refractivity contribution in [3.05, 3.63) is 35.4 Å². The highest BCUT2D eigenvalue weighted by Gasteiger charge is 2.52. The smallest absolute Gasteiger partial charge is 0.373 e. The van der Waals surface area contributed by atoms with Crippen molar-refractivity contribution in [1.82, 2.24) is 0 Å². The molecule has 2 aliphatic rings. The molecule has 2 heterocycles. The molecule has 2 bridgehead atoms. The molecule has 108 valence electrons. The Morgan fingerprint density at radius 1 is 1.25 bits per heavy atom. The highest BCUT2D eigenvalue weighted by atomic mass is 19.4. The van der Waals surface area contributed by atoms with Gasteiger partial charge in [-0.25, -0.2) is 0 Å². The van der Waals surface area contributed by atoms with Crippen LogP contribution in [0, 0.1) is 5.92 Å². The van der Waals surface area contributed by atoms with Gasteiger partial charge in [-0.3, -0.25) is 4.79 Å². The molecule has 0 saturated carbocycles. The van der Waals surface area contributed by atoms with Crippen LogP contribution in [0.1, 0.15) is 29.9 Å². The summed E-state index contributed by atoms with van der Waals surface area (Å²) >= 11 is 0. The quantitative estimate of drug-likeness (QED) is 0.907. The average Bonchev–Trinajstić information content (AvgIpc) is 2.97. The Hall–Kier alpha value is -1.56. The molecule has 2 aliphatic heterocycles. The van der Waals surface area contributed by atoms with Gasteiger partial charge in [0, 0.05) is 5.92 Å². The van der Waals surface area contributed by atoms with Crippen LogP contribution in [0.15, 0.2) is 24.3 Å². The lowest BCUT2D eigenvalue weighted by Crippen LogP contribution is -2.36. The van der Waals surface area contributed by atoms with Crippen LogP contribution in [0.3, 0.4) is 0 Å². The minimum Gasteiger partial charge on any atom is -0.373 e. The number of amides is 1. The normalized spacial score (nSPS) is 32.5. The third kappa shape index (κ3) is 2.08. The van der Waals surface area contributed by atoms with Crippen LogP contribution in [-0.4, -0.2) is 18.1 Å². The molecule has 0 aliphatic carbocycles. The molecular weight excluding hydrogens is 271 g/mol. The van der Waals surface area contributed by atoms with E-state index in [1.807, 2.05) is 0 Å². The maximum absolute atomic E-state index is 12.8. The number of halogens is 3. The van der Waals surface area contributed by atoms with E-state index in [1.54, 1.807) is 6.07 Å². The van der Waals surface area contributed by atoms with Crippen molar-refractivity contribution < 1.29 is 22.7 Å². The summed E-state index contributed by atoms with van der Waals surface area (Å²) in [7, 11) is 0. The molecule has 0 spiro atoms. The van der Waals surface area contributed by atoms with E-state index in [0.29, 0.717) is 5.56 Å². The van der Waals surface area contributed by atoms with Gasteiger partial charge in [-0.05, 0) is 24.5 Å². The third-order valence-corrected chi connectivity index (χ3v) is 4.20. The average molecular weight is 285 g/mol. The number of hydrogen-bond donors (Lipinski definition) is 1. The molecule has 1 aromatic carbocycles. The van der Waals surface area contributed by atoms with Crippen molar-refractivity contribution in [2.75, 3.05) is 0 Å². The Morgan fingerprint density at radius 3 is 2.60 bits per heavy atom. The number of fused-ring (bicyclic) bond motifs is 2. The van der Waals surface area contributed by atoms with Crippen LogP contribution in [0.25, 0.3) is 0 Å². The molecule has 0 aromatic heterocycles. The van der Waals surface area contributed by atoms with Gasteiger partial charge in [-0.15, -0.1) is 0 Å². The zero-order valence-corrected chi connectivity index (χ0v) is 10.6. The van der Waals surface area contributed by atoms with Gasteiger partial charge in [0.25, 0.3) is 0 Å². The minimum absolute atomic E-state index is 0.207. The predicted molar refractivity (Wildman–Crippen MR) is 64.8 cm³/mol. The number of benzene rings is 1. The van der Waals surface area contributed by atoms with Crippen LogP contribution >= 0.6 is 0 Å². The molecule has 3 rings (SSSR count). The summed E-state index contributed by atoms with van der Waals surface area (Å²) in [5.74, 6) is -1.40. The fourth-order valence-electron chi connectivity index (χ4n) is 3.38. The lowest BCUT2D eigenvalue weighted by molar-refractivity contribution is -0.137. The SMILES string of the molecule is NC(=O)C1C2CCC(O2)C1c1cccc(C(F)(F)F)c1. The molecule has 2 fully saturated rings. The monoisotopic (exact) mass is 285 g/mol. The van der Waals surface area contributed by atoms with Gasteiger partial charge in [-0.2, -0.15) is 13.2 Å². The highest BCUT2D eigenvalue weighted by molar-refractivity contribution is 5.79. The zero-order valence-electron chi connectivity index (χ0n) is 10.6. The van der Waals surface area contributed by atoms with Gasteiger partial charge < -0.3 is 10.5 Å². The van der Waals surface area contributed by atoms with E-state index in [1.165, 1.54) is 6.07 Å². The molecule has 4 atom stereocenters. The highest BCUT2D eigenvalue weighted by Crippen LogP contribution is 2.49. The van der Waals surface area contributed by atoms with Gasteiger partial charge in [-0.1, -0.05) is 18.2 Å². The number of rotatable bonds is 2. The number of hydrogen-bond acceptors (Lipinski definition) is 2. The van der Waals surface area contributed by atoms with Crippen LogP contribution < -0.4 is 5.73 Å². The minimum atomic E-state index is -4.39. The molecule has 0 radical (unpaired) electrons. The summed E-state index contributed by atoms with van der Waals surface area (Å²) in [4.78, 5) is 11.6. The zero-order chi connectivity index (χ0) is 14.5. The number of carbonyl (C=O) groups is 1. The number of carbonyl (C=O) groups excluding carboxylic acids is 1. The van der Waals surface area contributed by atoms with Crippen molar-refractivity contribution in [3.63, 3.8) is 0 Å². The van der Waals surface area contributed by atoms with Crippen molar-refractivity contribution >= 4 is 5.91 Å². The molecule has 2 N–H and O–H groups in total. The summed E-state index contributed by atoms with van der Waals surface area (Å²) in [5.41, 5.74) is 5.17. The van der Waals surface area contributed by atoms with Crippen molar-refractivity contribution in [2.24, 2.45) is 11.7 Å². The van der Waals surface area contributed by atoms with Crippen molar-refractivity contribution in [3.8, 4) is 0 Å². The number of primary amides is 1. The molecule has 2 saturated heterocycles. The maximum atomic E-state index is 12.8. The van der Waals surface area contributed by atoms with Crippen LogP contribution in [0.4, 0.5) is 13.2 Å². The first-order chi connectivity index (χ1) is 9.38. The Balaban J connectivity index is 1.98. The standard InChI is InChI=1S/C14H14F3NO2/c15-14(16,17)8-3-1-2-7(6-8)11-9-4-5-10(20-9)12(11)13(18)19/h1-3,6,9-12H,4-5H2,(H2,18,19). The Morgan fingerprint density at radius 2 is 1.95 bits per heavy atom. The van der Waals surface area contributed by atoms with Crippen LogP contribution in [0.5, 0.6) is 0 Å². The second kappa shape index (κ2) is 4.48. The summed E-state index contributed by atoms with van der Waals surface area (Å²) in [6, 6.07) is 5.10. The van der Waals surface area contributed by atoms with E-state index in [9.17, 15) is 18.0 Å². The fourth-order valence-corrected chi connectivity index (χ4v) is 3.38. The van der Waals surface area contributed by atoms with Crippen molar-refractivity contribution in [1.29, 1.82) is 0 Å². The first-order valence-corrected chi connectivity index (χ1v) is 6.50. The van der Waals surface area contributed by atoms with E-state index in [2.05, 4.69) is 0 Å². The molecule has 20 heavy (non-hydrogen) atoms. The van der Waals surface area contributed by atoms with Gasteiger partial charge >= 0.3 is 6.18 Å². The van der Waals surface area contributed by atoms with Gasteiger partial charge in [0.05, 0.1) is 23.7 Å². The fraction of sp³-hybridized carbons (Fsp3) is 0.500. The maximum Gasteiger partial charge on any atom is 0.416 e. The van der Waals surface area contributed by atoms with Crippen molar-refractivity contribution in [2.45, 2.75) is 37.1 Å². The largest absolute Gasteiger partial charge is 0.416 e. The van der Waals surface area contributed by atoms with Crippen LogP contribution in [0.2, 0.25) is 0 Å². The van der Waals surface area contributed by atoms with Gasteiger partial charge in [0.15, 0.2) is 0 Å². The summed E-state index contributed by atoms with van der Waals surface area (Å²) < 4.78 is 44.0. The molecule has 1 amide bonds. The van der Waals surface area contributed by atoms with Gasteiger partial charge in [0.2, 0.25) is 5.91 Å². The number of alkyl halides is 3. The van der Waals surface area contributed by atoms with Crippen LogP contribution in [-0.2, 0) is 15.7 Å². The number of ether oxygens (including phenoxy) is 1. The molecule has 1 aromatic rings.